The van der Waals surface area contributed by atoms with Crippen molar-refractivity contribution in [1.29, 1.82) is 0 Å². The van der Waals surface area contributed by atoms with Crippen LogP contribution in [0.15, 0.2) is 42.6 Å². The van der Waals surface area contributed by atoms with Gasteiger partial charge in [-0.25, -0.2) is 4.39 Å². The van der Waals surface area contributed by atoms with E-state index in [4.69, 9.17) is 0 Å². The fraction of sp³-hybridized carbons (Fsp3) is 0.267. The molecule has 1 N–H and O–H groups in total. The van der Waals surface area contributed by atoms with E-state index in [1.165, 1.54) is 6.07 Å². The van der Waals surface area contributed by atoms with Crippen LogP contribution in [-0.4, -0.2) is 11.5 Å². The Kier molecular flexibility index (Phi) is 4.05. The third-order valence-electron chi connectivity index (χ3n) is 2.94. The van der Waals surface area contributed by atoms with Crippen LogP contribution in [0.1, 0.15) is 25.5 Å². The van der Waals surface area contributed by atoms with Gasteiger partial charge in [0.15, 0.2) is 0 Å². The first kappa shape index (κ1) is 12.7. The van der Waals surface area contributed by atoms with Crippen LogP contribution in [-0.2, 0) is 0 Å². The minimum atomic E-state index is -0.235. The van der Waals surface area contributed by atoms with E-state index in [2.05, 4.69) is 24.1 Å². The first-order chi connectivity index (χ1) is 8.72. The van der Waals surface area contributed by atoms with Crippen molar-refractivity contribution in [2.24, 2.45) is 0 Å². The van der Waals surface area contributed by atoms with E-state index in [1.807, 2.05) is 30.3 Å². The zero-order valence-corrected chi connectivity index (χ0v) is 10.7. The lowest BCUT2D eigenvalue weighted by Crippen LogP contribution is -2.17. The molecule has 2 nitrogen and oxygen atoms in total. The van der Waals surface area contributed by atoms with Gasteiger partial charge >= 0.3 is 0 Å². The van der Waals surface area contributed by atoms with Crippen LogP contribution < -0.4 is 5.32 Å². The Morgan fingerprint density at radius 3 is 2.78 bits per heavy atom. The normalized spacial score (nSPS) is 12.4. The highest BCUT2D eigenvalue weighted by atomic mass is 19.1. The molecule has 0 saturated heterocycles. The molecule has 1 unspecified atom stereocenters. The molecule has 0 bridgehead atoms. The summed E-state index contributed by atoms with van der Waals surface area (Å²) in [5, 5.41) is 3.32. The zero-order chi connectivity index (χ0) is 13.0. The summed E-state index contributed by atoms with van der Waals surface area (Å²) in [6.07, 6.45) is 1.68. The fourth-order valence-electron chi connectivity index (χ4n) is 1.95. The van der Waals surface area contributed by atoms with Crippen LogP contribution in [0.2, 0.25) is 0 Å². The zero-order valence-electron chi connectivity index (χ0n) is 10.7. The number of pyridine rings is 1. The van der Waals surface area contributed by atoms with Crippen LogP contribution >= 0.6 is 0 Å². The molecule has 94 valence electrons. The molecular formula is C15H17FN2. The molecule has 0 fully saturated rings. The minimum Gasteiger partial charge on any atom is -0.310 e. The number of benzene rings is 1. The quantitative estimate of drug-likeness (QED) is 0.889. The number of nitrogens with zero attached hydrogens (tertiary/aromatic N) is 1. The lowest BCUT2D eigenvalue weighted by molar-refractivity contribution is 0.592. The monoisotopic (exact) mass is 244 g/mol. The number of aromatic nitrogens is 1. The molecule has 2 rings (SSSR count). The summed E-state index contributed by atoms with van der Waals surface area (Å²) in [5.41, 5.74) is 2.29. The predicted molar refractivity (Wildman–Crippen MR) is 71.7 cm³/mol. The van der Waals surface area contributed by atoms with E-state index in [1.54, 1.807) is 6.20 Å². The van der Waals surface area contributed by atoms with Gasteiger partial charge in [0.2, 0.25) is 0 Å². The van der Waals surface area contributed by atoms with Gasteiger partial charge in [-0.1, -0.05) is 19.1 Å². The van der Waals surface area contributed by atoms with Crippen LogP contribution in [0.3, 0.4) is 0 Å². The maximum atomic E-state index is 13.8. The highest BCUT2D eigenvalue weighted by molar-refractivity contribution is 5.60. The largest absolute Gasteiger partial charge is 0.310 e. The van der Waals surface area contributed by atoms with Gasteiger partial charge in [-0.2, -0.15) is 0 Å². The van der Waals surface area contributed by atoms with Gasteiger partial charge in [0.25, 0.3) is 0 Å². The Morgan fingerprint density at radius 2 is 2.11 bits per heavy atom. The van der Waals surface area contributed by atoms with E-state index >= 15 is 0 Å². The Bertz CT molecular complexity index is 511. The van der Waals surface area contributed by atoms with Crippen LogP contribution in [0.5, 0.6) is 0 Å². The molecule has 0 aliphatic heterocycles. The Morgan fingerprint density at radius 1 is 1.28 bits per heavy atom. The van der Waals surface area contributed by atoms with Gasteiger partial charge in [-0.05, 0) is 43.3 Å². The molecule has 3 heteroatoms. The average Bonchev–Trinajstić information content (AvgIpc) is 2.40. The van der Waals surface area contributed by atoms with Crippen molar-refractivity contribution in [2.75, 3.05) is 6.54 Å². The molecule has 0 radical (unpaired) electrons. The van der Waals surface area contributed by atoms with Crippen LogP contribution in [0.4, 0.5) is 4.39 Å². The SMILES string of the molecule is CCNC(C)c1ccc(F)c(-c2ccccn2)c1. The Hall–Kier alpha value is -1.74. The Balaban J connectivity index is 2.39. The number of halogens is 1. The van der Waals surface area contributed by atoms with Crippen molar-refractivity contribution in [3.05, 3.63) is 54.0 Å². The summed E-state index contributed by atoms with van der Waals surface area (Å²) in [6, 6.07) is 10.9. The van der Waals surface area contributed by atoms with Crippen molar-refractivity contribution in [3.8, 4) is 11.3 Å². The van der Waals surface area contributed by atoms with Gasteiger partial charge in [0, 0.05) is 17.8 Å². The second-order valence-electron chi connectivity index (χ2n) is 4.23. The summed E-state index contributed by atoms with van der Waals surface area (Å²) in [4.78, 5) is 4.20. The lowest BCUT2D eigenvalue weighted by atomic mass is 10.0. The topological polar surface area (TPSA) is 24.9 Å². The third-order valence-corrected chi connectivity index (χ3v) is 2.94. The van der Waals surface area contributed by atoms with Gasteiger partial charge in [-0.15, -0.1) is 0 Å². The van der Waals surface area contributed by atoms with Crippen molar-refractivity contribution in [2.45, 2.75) is 19.9 Å². The molecule has 2 aromatic rings. The highest BCUT2D eigenvalue weighted by Crippen LogP contribution is 2.24. The molecule has 1 aromatic carbocycles. The maximum Gasteiger partial charge on any atom is 0.132 e. The van der Waals surface area contributed by atoms with E-state index < -0.39 is 0 Å². The molecule has 1 atom stereocenters. The van der Waals surface area contributed by atoms with Gasteiger partial charge < -0.3 is 5.32 Å². The van der Waals surface area contributed by atoms with Crippen LogP contribution in [0.25, 0.3) is 11.3 Å². The molecule has 1 aromatic heterocycles. The van der Waals surface area contributed by atoms with E-state index in [0.29, 0.717) is 11.3 Å². The van der Waals surface area contributed by atoms with Crippen molar-refractivity contribution >= 4 is 0 Å². The van der Waals surface area contributed by atoms with Crippen LogP contribution in [0, 0.1) is 5.82 Å². The van der Waals surface area contributed by atoms with Crippen molar-refractivity contribution < 1.29 is 4.39 Å². The first-order valence-electron chi connectivity index (χ1n) is 6.16. The van der Waals surface area contributed by atoms with Crippen molar-refractivity contribution in [3.63, 3.8) is 0 Å². The smallest absolute Gasteiger partial charge is 0.132 e. The molecule has 1 heterocycles. The molecule has 0 aliphatic rings. The standard InChI is InChI=1S/C15H17FN2/c1-3-17-11(2)12-7-8-14(16)13(10-12)15-6-4-5-9-18-15/h4-11,17H,3H2,1-2H3. The summed E-state index contributed by atoms with van der Waals surface area (Å²) >= 11 is 0. The van der Waals surface area contributed by atoms with E-state index in [9.17, 15) is 4.39 Å². The minimum absolute atomic E-state index is 0.207. The number of hydrogen-bond donors (Lipinski definition) is 1. The number of hydrogen-bond acceptors (Lipinski definition) is 2. The molecule has 0 aliphatic carbocycles. The molecule has 18 heavy (non-hydrogen) atoms. The second-order valence-corrected chi connectivity index (χ2v) is 4.23. The molecule has 0 amide bonds. The van der Waals surface area contributed by atoms with Crippen molar-refractivity contribution in [1.82, 2.24) is 10.3 Å². The number of nitrogens with one attached hydrogen (secondary N) is 1. The van der Waals surface area contributed by atoms with E-state index in [0.717, 1.165) is 12.1 Å². The Labute approximate surface area is 107 Å². The summed E-state index contributed by atoms with van der Waals surface area (Å²) in [6.45, 7) is 5.01. The number of rotatable bonds is 4. The fourth-order valence-corrected chi connectivity index (χ4v) is 1.95. The third kappa shape index (κ3) is 2.74. The molecule has 0 spiro atoms. The summed E-state index contributed by atoms with van der Waals surface area (Å²) in [5.74, 6) is -0.235. The first-order valence-corrected chi connectivity index (χ1v) is 6.16. The van der Waals surface area contributed by atoms with Gasteiger partial charge in [-0.3, -0.25) is 4.98 Å². The summed E-state index contributed by atoms with van der Waals surface area (Å²) < 4.78 is 13.8. The summed E-state index contributed by atoms with van der Waals surface area (Å²) in [7, 11) is 0. The molecular weight excluding hydrogens is 227 g/mol. The van der Waals surface area contributed by atoms with E-state index in [-0.39, 0.29) is 11.9 Å². The predicted octanol–water partition coefficient (Wildman–Crippen LogP) is 3.56. The van der Waals surface area contributed by atoms with Gasteiger partial charge in [0.05, 0.1) is 5.69 Å². The molecule has 0 saturated carbocycles. The van der Waals surface area contributed by atoms with Gasteiger partial charge in [0.1, 0.15) is 5.82 Å². The lowest BCUT2D eigenvalue weighted by Gasteiger charge is -2.14. The highest BCUT2D eigenvalue weighted by Gasteiger charge is 2.10. The second kappa shape index (κ2) is 5.74. The maximum absolute atomic E-state index is 13.8. The average molecular weight is 244 g/mol.